The molecule has 0 saturated carbocycles. The molecule has 0 fully saturated rings. The number of hydrogen-bond acceptors (Lipinski definition) is 3. The van der Waals surface area contributed by atoms with E-state index in [0.29, 0.717) is 8.95 Å². The fourth-order valence-corrected chi connectivity index (χ4v) is 4.18. The molecular weight excluding hydrogens is 410 g/mol. The van der Waals surface area contributed by atoms with Crippen molar-refractivity contribution < 1.29 is 13.5 Å². The van der Waals surface area contributed by atoms with Gasteiger partial charge in [0.05, 0.1) is 5.69 Å². The molecule has 2 aromatic carbocycles. The number of sulfonamides is 1. The minimum absolute atomic E-state index is 0.0905. The van der Waals surface area contributed by atoms with E-state index in [4.69, 9.17) is 0 Å². The van der Waals surface area contributed by atoms with E-state index in [-0.39, 0.29) is 16.3 Å². The van der Waals surface area contributed by atoms with Crippen LogP contribution in [0.1, 0.15) is 5.56 Å². The second kappa shape index (κ2) is 5.75. The molecule has 2 N–H and O–H groups in total. The fourth-order valence-electron chi connectivity index (χ4n) is 1.61. The zero-order chi connectivity index (χ0) is 14.9. The lowest BCUT2D eigenvalue weighted by Gasteiger charge is -2.12. The van der Waals surface area contributed by atoms with Crippen molar-refractivity contribution in [2.75, 3.05) is 4.72 Å². The van der Waals surface area contributed by atoms with Crippen LogP contribution >= 0.6 is 31.9 Å². The largest absolute Gasteiger partial charge is 0.506 e. The number of benzene rings is 2. The Bertz CT molecular complexity index is 760. The summed E-state index contributed by atoms with van der Waals surface area (Å²) in [6.45, 7) is 1.81. The summed E-state index contributed by atoms with van der Waals surface area (Å²) in [5, 5.41) is 9.72. The maximum Gasteiger partial charge on any atom is 0.263 e. The highest BCUT2D eigenvalue weighted by Gasteiger charge is 2.19. The third-order valence-electron chi connectivity index (χ3n) is 2.58. The van der Waals surface area contributed by atoms with Crippen LogP contribution in [0.2, 0.25) is 0 Å². The lowest BCUT2D eigenvalue weighted by molar-refractivity contribution is 0.477. The quantitative estimate of drug-likeness (QED) is 0.736. The molecule has 0 aliphatic heterocycles. The van der Waals surface area contributed by atoms with Gasteiger partial charge in [0.25, 0.3) is 10.0 Å². The van der Waals surface area contributed by atoms with Crippen LogP contribution in [-0.4, -0.2) is 13.5 Å². The van der Waals surface area contributed by atoms with Gasteiger partial charge in [0.15, 0.2) is 0 Å². The number of phenolic OH excluding ortho intramolecular Hbond substituents is 1. The van der Waals surface area contributed by atoms with Crippen molar-refractivity contribution in [3.05, 3.63) is 50.9 Å². The Hall–Kier alpha value is -1.05. The second-order valence-electron chi connectivity index (χ2n) is 4.20. The van der Waals surface area contributed by atoms with Crippen LogP contribution < -0.4 is 4.72 Å². The van der Waals surface area contributed by atoms with Crippen LogP contribution in [-0.2, 0) is 10.0 Å². The summed E-state index contributed by atoms with van der Waals surface area (Å²) in [5.74, 6) is -0.120. The van der Waals surface area contributed by atoms with Crippen LogP contribution in [0.5, 0.6) is 5.75 Å². The molecule has 0 atom stereocenters. The molecular formula is C13H11Br2NO3S. The Kier molecular flexibility index (Phi) is 4.41. The van der Waals surface area contributed by atoms with E-state index in [1.165, 1.54) is 12.1 Å². The number of nitrogens with one attached hydrogen (secondary N) is 1. The fraction of sp³-hybridized carbons (Fsp3) is 0.0769. The van der Waals surface area contributed by atoms with Gasteiger partial charge < -0.3 is 5.11 Å². The maximum atomic E-state index is 12.4. The normalized spacial score (nSPS) is 11.3. The van der Waals surface area contributed by atoms with E-state index in [9.17, 15) is 13.5 Å². The smallest absolute Gasteiger partial charge is 0.263 e. The lowest BCUT2D eigenvalue weighted by Crippen LogP contribution is -2.13. The summed E-state index contributed by atoms with van der Waals surface area (Å²) in [7, 11) is -3.79. The molecule has 0 radical (unpaired) electrons. The molecule has 0 aliphatic rings. The molecule has 0 saturated heterocycles. The van der Waals surface area contributed by atoms with Gasteiger partial charge in [-0.1, -0.05) is 22.0 Å². The standard InChI is InChI=1S/C13H11Br2NO3S/c1-8-2-5-12(17)11(6-8)16-20(18,19)13-7-9(14)3-4-10(13)15/h2-7,16-17H,1H3. The number of hydrogen-bond donors (Lipinski definition) is 2. The number of aryl methyl sites for hydroxylation is 1. The lowest BCUT2D eigenvalue weighted by atomic mass is 10.2. The molecule has 2 aromatic rings. The van der Waals surface area contributed by atoms with Gasteiger partial charge in [-0.05, 0) is 58.7 Å². The first-order chi connectivity index (χ1) is 9.29. The minimum Gasteiger partial charge on any atom is -0.506 e. The second-order valence-corrected chi connectivity index (χ2v) is 7.62. The average Bonchev–Trinajstić information content (AvgIpc) is 2.36. The first kappa shape index (κ1) is 15.3. The van der Waals surface area contributed by atoms with Gasteiger partial charge in [-0.3, -0.25) is 4.72 Å². The monoisotopic (exact) mass is 419 g/mol. The zero-order valence-electron chi connectivity index (χ0n) is 10.4. The van der Waals surface area contributed by atoms with E-state index in [1.807, 2.05) is 6.92 Å². The number of aromatic hydroxyl groups is 1. The van der Waals surface area contributed by atoms with Crippen LogP contribution in [0, 0.1) is 6.92 Å². The highest BCUT2D eigenvalue weighted by Crippen LogP contribution is 2.30. The SMILES string of the molecule is Cc1ccc(O)c(NS(=O)(=O)c2cc(Br)ccc2Br)c1. The van der Waals surface area contributed by atoms with Gasteiger partial charge in [0, 0.05) is 8.95 Å². The molecule has 20 heavy (non-hydrogen) atoms. The van der Waals surface area contributed by atoms with E-state index >= 15 is 0 Å². The molecule has 0 heterocycles. The summed E-state index contributed by atoms with van der Waals surface area (Å²) >= 11 is 6.45. The summed E-state index contributed by atoms with van der Waals surface area (Å²) in [4.78, 5) is 0.0905. The highest BCUT2D eigenvalue weighted by atomic mass is 79.9. The van der Waals surface area contributed by atoms with Gasteiger partial charge in [-0.15, -0.1) is 0 Å². The van der Waals surface area contributed by atoms with Crippen molar-refractivity contribution in [1.29, 1.82) is 0 Å². The molecule has 7 heteroatoms. The first-order valence-electron chi connectivity index (χ1n) is 5.57. The third-order valence-corrected chi connectivity index (χ3v) is 5.43. The highest BCUT2D eigenvalue weighted by molar-refractivity contribution is 9.11. The van der Waals surface area contributed by atoms with E-state index in [2.05, 4.69) is 36.6 Å². The Balaban J connectivity index is 2.46. The third kappa shape index (κ3) is 3.34. The molecule has 106 valence electrons. The number of anilines is 1. The van der Waals surface area contributed by atoms with Crippen LogP contribution in [0.25, 0.3) is 0 Å². The first-order valence-corrected chi connectivity index (χ1v) is 8.64. The molecule has 0 bridgehead atoms. The van der Waals surface area contributed by atoms with Gasteiger partial charge in [-0.2, -0.15) is 0 Å². The van der Waals surface area contributed by atoms with Gasteiger partial charge in [0.2, 0.25) is 0 Å². The number of rotatable bonds is 3. The van der Waals surface area contributed by atoms with Crippen molar-refractivity contribution in [2.45, 2.75) is 11.8 Å². The minimum atomic E-state index is -3.79. The number of phenols is 1. The van der Waals surface area contributed by atoms with Crippen molar-refractivity contribution in [3.8, 4) is 5.75 Å². The summed E-state index contributed by atoms with van der Waals surface area (Å²) in [5.41, 5.74) is 0.991. The van der Waals surface area contributed by atoms with E-state index in [0.717, 1.165) is 5.56 Å². The van der Waals surface area contributed by atoms with Crippen molar-refractivity contribution in [2.24, 2.45) is 0 Å². The van der Waals surface area contributed by atoms with Crippen molar-refractivity contribution in [1.82, 2.24) is 0 Å². The van der Waals surface area contributed by atoms with Gasteiger partial charge in [0.1, 0.15) is 10.6 Å². The van der Waals surface area contributed by atoms with Crippen molar-refractivity contribution in [3.63, 3.8) is 0 Å². The topological polar surface area (TPSA) is 66.4 Å². The Labute approximate surface area is 134 Å². The summed E-state index contributed by atoms with van der Waals surface area (Å²) in [6, 6.07) is 9.56. The van der Waals surface area contributed by atoms with Gasteiger partial charge in [-0.25, -0.2) is 8.42 Å². The molecule has 0 aromatic heterocycles. The summed E-state index contributed by atoms with van der Waals surface area (Å²) in [6.07, 6.45) is 0. The average molecular weight is 421 g/mol. The zero-order valence-corrected chi connectivity index (χ0v) is 14.4. The Morgan fingerprint density at radius 2 is 1.80 bits per heavy atom. The molecule has 4 nitrogen and oxygen atoms in total. The molecule has 0 amide bonds. The summed E-state index contributed by atoms with van der Waals surface area (Å²) < 4.78 is 28.2. The Morgan fingerprint density at radius 1 is 1.10 bits per heavy atom. The molecule has 0 unspecified atom stereocenters. The molecule has 2 rings (SSSR count). The number of halogens is 2. The van der Waals surface area contributed by atoms with Gasteiger partial charge >= 0.3 is 0 Å². The van der Waals surface area contributed by atoms with Crippen LogP contribution in [0.3, 0.4) is 0 Å². The van der Waals surface area contributed by atoms with E-state index in [1.54, 1.807) is 24.3 Å². The van der Waals surface area contributed by atoms with E-state index < -0.39 is 10.0 Å². The predicted molar refractivity (Wildman–Crippen MR) is 85.5 cm³/mol. The Morgan fingerprint density at radius 3 is 2.50 bits per heavy atom. The maximum absolute atomic E-state index is 12.4. The predicted octanol–water partition coefficient (Wildman–Crippen LogP) is 4.03. The molecule has 0 spiro atoms. The van der Waals surface area contributed by atoms with Crippen LogP contribution in [0.4, 0.5) is 5.69 Å². The van der Waals surface area contributed by atoms with Crippen molar-refractivity contribution >= 4 is 47.6 Å². The molecule has 0 aliphatic carbocycles. The van der Waals surface area contributed by atoms with Crippen LogP contribution in [0.15, 0.2) is 50.2 Å².